The summed E-state index contributed by atoms with van der Waals surface area (Å²) in [5, 5.41) is 0. The monoisotopic (exact) mass is 181 g/mol. The van der Waals surface area contributed by atoms with Crippen LogP contribution in [0.15, 0.2) is 6.07 Å². The van der Waals surface area contributed by atoms with E-state index in [9.17, 15) is 4.79 Å². The topological polar surface area (TPSA) is 17.1 Å². The van der Waals surface area contributed by atoms with E-state index in [2.05, 4.69) is 26.8 Å². The molecule has 0 saturated carbocycles. The van der Waals surface area contributed by atoms with Gasteiger partial charge in [0.15, 0.2) is 5.78 Å². The van der Waals surface area contributed by atoms with Gasteiger partial charge in [0, 0.05) is 10.9 Å². The second-order valence-corrected chi connectivity index (χ2v) is 4.94. The van der Waals surface area contributed by atoms with Gasteiger partial charge in [-0.2, -0.15) is 0 Å². The van der Waals surface area contributed by atoms with E-state index in [1.165, 1.54) is 4.88 Å². The first-order valence-electron chi connectivity index (χ1n) is 3.94. The third-order valence-corrected chi connectivity index (χ3v) is 3.16. The summed E-state index contributed by atoms with van der Waals surface area (Å²) in [6, 6.07) is 4.90. The Labute approximate surface area is 77.4 Å². The predicted molar refractivity (Wildman–Crippen MR) is 51.9 cm³/mol. The maximum atomic E-state index is 11.0. The molecule has 0 fully saturated rings. The van der Waals surface area contributed by atoms with Crippen LogP contribution in [0.25, 0.3) is 0 Å². The maximum absolute atomic E-state index is 11.0. The van der Waals surface area contributed by atoms with Crippen LogP contribution in [0.3, 0.4) is 0 Å². The minimum atomic E-state index is 0.107. The second-order valence-electron chi connectivity index (χ2n) is 3.89. The lowest BCUT2D eigenvalue weighted by molar-refractivity contribution is 0.102. The van der Waals surface area contributed by atoms with E-state index in [1.54, 1.807) is 18.3 Å². The van der Waals surface area contributed by atoms with Gasteiger partial charge in [-0.15, -0.1) is 11.3 Å². The van der Waals surface area contributed by atoms with Crippen LogP contribution in [-0.4, -0.2) is 5.78 Å². The molecule has 0 N–H and O–H groups in total. The quantitative estimate of drug-likeness (QED) is 0.608. The molecule has 1 radical (unpaired) electrons. The Morgan fingerprint density at radius 3 is 2.33 bits per heavy atom. The summed E-state index contributed by atoms with van der Waals surface area (Å²) < 4.78 is 0. The van der Waals surface area contributed by atoms with Crippen molar-refractivity contribution < 1.29 is 4.79 Å². The van der Waals surface area contributed by atoms with Crippen molar-refractivity contribution in [1.82, 2.24) is 0 Å². The maximum Gasteiger partial charge on any atom is 0.170 e. The molecule has 1 nitrogen and oxygen atoms in total. The lowest BCUT2D eigenvalue weighted by Crippen LogP contribution is -2.07. The highest BCUT2D eigenvalue weighted by Crippen LogP contribution is 2.29. The van der Waals surface area contributed by atoms with Gasteiger partial charge in [0.25, 0.3) is 0 Å². The standard InChI is InChI=1S/C10H13OS/c1-7(11)8-5-6-9(12-8)10(2,3)4/h6H,1-4H3. The van der Waals surface area contributed by atoms with E-state index >= 15 is 0 Å². The number of rotatable bonds is 1. The molecule has 0 aliphatic heterocycles. The Bertz CT molecular complexity index is 291. The van der Waals surface area contributed by atoms with Crippen molar-refractivity contribution in [2.45, 2.75) is 33.1 Å². The number of Topliss-reactive ketones (excluding diaryl/α,β-unsaturated/α-hetero) is 1. The summed E-state index contributed by atoms with van der Waals surface area (Å²) >= 11 is 1.54. The van der Waals surface area contributed by atoms with Gasteiger partial charge >= 0.3 is 0 Å². The van der Waals surface area contributed by atoms with Gasteiger partial charge in [0.05, 0.1) is 4.88 Å². The Balaban J connectivity index is 3.00. The lowest BCUT2D eigenvalue weighted by atomic mass is 9.95. The van der Waals surface area contributed by atoms with Crippen LogP contribution in [-0.2, 0) is 5.41 Å². The summed E-state index contributed by atoms with van der Waals surface area (Å²) in [7, 11) is 0. The number of hydrogen-bond donors (Lipinski definition) is 0. The molecular weight excluding hydrogens is 168 g/mol. The molecule has 0 aliphatic carbocycles. The third-order valence-electron chi connectivity index (χ3n) is 1.61. The number of hydrogen-bond acceptors (Lipinski definition) is 2. The van der Waals surface area contributed by atoms with Crippen molar-refractivity contribution in [2.24, 2.45) is 0 Å². The lowest BCUT2D eigenvalue weighted by Gasteiger charge is -2.14. The summed E-state index contributed by atoms with van der Waals surface area (Å²) in [6.07, 6.45) is 0. The first-order valence-corrected chi connectivity index (χ1v) is 4.76. The smallest absolute Gasteiger partial charge is 0.170 e. The van der Waals surface area contributed by atoms with Crippen LogP contribution in [0.4, 0.5) is 0 Å². The van der Waals surface area contributed by atoms with Gasteiger partial charge in [-0.3, -0.25) is 4.79 Å². The van der Waals surface area contributed by atoms with E-state index in [1.807, 2.05) is 6.07 Å². The van der Waals surface area contributed by atoms with Crippen molar-refractivity contribution in [3.05, 3.63) is 21.9 Å². The molecule has 0 aromatic carbocycles. The zero-order valence-electron chi connectivity index (χ0n) is 7.89. The molecule has 0 saturated heterocycles. The third kappa shape index (κ3) is 1.95. The van der Waals surface area contributed by atoms with Crippen molar-refractivity contribution in [3.8, 4) is 0 Å². The SMILES string of the molecule is CC(=O)c1[c]cc(C(C)(C)C)s1. The van der Waals surface area contributed by atoms with Gasteiger partial charge < -0.3 is 0 Å². The van der Waals surface area contributed by atoms with Gasteiger partial charge in [0.1, 0.15) is 0 Å². The highest BCUT2D eigenvalue weighted by molar-refractivity contribution is 7.14. The first kappa shape index (κ1) is 9.46. The van der Waals surface area contributed by atoms with Crippen LogP contribution in [0, 0.1) is 6.07 Å². The molecule has 0 unspecified atom stereocenters. The van der Waals surface area contributed by atoms with E-state index in [-0.39, 0.29) is 11.2 Å². The second kappa shape index (κ2) is 3.02. The fraction of sp³-hybridized carbons (Fsp3) is 0.500. The van der Waals surface area contributed by atoms with Crippen molar-refractivity contribution in [2.75, 3.05) is 0 Å². The van der Waals surface area contributed by atoms with Gasteiger partial charge in [-0.05, 0) is 18.4 Å². The number of thiophene rings is 1. The number of carbonyl (C=O) groups is 1. The summed E-state index contributed by atoms with van der Waals surface area (Å²) in [4.78, 5) is 12.9. The molecule has 1 heterocycles. The van der Waals surface area contributed by atoms with Crippen LogP contribution in [0.1, 0.15) is 42.2 Å². The first-order chi connectivity index (χ1) is 5.41. The highest BCUT2D eigenvalue weighted by atomic mass is 32.1. The van der Waals surface area contributed by atoms with E-state index < -0.39 is 0 Å². The Morgan fingerprint density at radius 2 is 2.08 bits per heavy atom. The van der Waals surface area contributed by atoms with Crippen LogP contribution < -0.4 is 0 Å². The number of carbonyl (C=O) groups excluding carboxylic acids is 1. The molecule has 0 bridgehead atoms. The van der Waals surface area contributed by atoms with E-state index in [4.69, 9.17) is 0 Å². The molecule has 0 spiro atoms. The van der Waals surface area contributed by atoms with Gasteiger partial charge in [-0.1, -0.05) is 20.8 Å². The Hall–Kier alpha value is -0.630. The molecule has 2 heteroatoms. The van der Waals surface area contributed by atoms with Gasteiger partial charge in [0.2, 0.25) is 0 Å². The molecule has 1 aromatic rings. The zero-order valence-corrected chi connectivity index (χ0v) is 8.71. The molecule has 12 heavy (non-hydrogen) atoms. The number of ketones is 1. The summed E-state index contributed by atoms with van der Waals surface area (Å²) in [5.74, 6) is 0.107. The van der Waals surface area contributed by atoms with Gasteiger partial charge in [-0.25, -0.2) is 0 Å². The normalized spacial score (nSPS) is 11.7. The van der Waals surface area contributed by atoms with Crippen molar-refractivity contribution in [3.63, 3.8) is 0 Å². The Kier molecular flexibility index (Phi) is 2.38. The molecular formula is C10H13OS. The highest BCUT2D eigenvalue weighted by Gasteiger charge is 2.17. The Morgan fingerprint density at radius 1 is 1.50 bits per heavy atom. The largest absolute Gasteiger partial charge is 0.294 e. The zero-order chi connectivity index (χ0) is 9.35. The summed E-state index contributed by atoms with van der Waals surface area (Å²) in [5.41, 5.74) is 0.134. The van der Waals surface area contributed by atoms with Crippen LogP contribution >= 0.6 is 11.3 Å². The fourth-order valence-corrected chi connectivity index (χ4v) is 1.75. The van der Waals surface area contributed by atoms with Crippen molar-refractivity contribution in [1.29, 1.82) is 0 Å². The van der Waals surface area contributed by atoms with Crippen molar-refractivity contribution >= 4 is 17.1 Å². The fourth-order valence-electron chi connectivity index (χ4n) is 0.843. The minimum absolute atomic E-state index is 0.107. The molecule has 1 rings (SSSR count). The average molecular weight is 181 g/mol. The minimum Gasteiger partial charge on any atom is -0.294 e. The molecule has 1 aromatic heterocycles. The summed E-state index contributed by atoms with van der Waals surface area (Å²) in [6.45, 7) is 7.98. The molecule has 0 amide bonds. The van der Waals surface area contributed by atoms with Crippen LogP contribution in [0.2, 0.25) is 0 Å². The molecule has 0 atom stereocenters. The van der Waals surface area contributed by atoms with Crippen LogP contribution in [0.5, 0.6) is 0 Å². The van der Waals surface area contributed by atoms with E-state index in [0.717, 1.165) is 4.88 Å². The predicted octanol–water partition coefficient (Wildman–Crippen LogP) is 3.05. The molecule has 65 valence electrons. The van der Waals surface area contributed by atoms with E-state index in [0.29, 0.717) is 0 Å². The molecule has 0 aliphatic rings. The average Bonchev–Trinajstić information content (AvgIpc) is 2.30.